The van der Waals surface area contributed by atoms with Crippen molar-refractivity contribution < 1.29 is 4.39 Å². The van der Waals surface area contributed by atoms with Crippen LogP contribution < -0.4 is 0 Å². The lowest BCUT2D eigenvalue weighted by Gasteiger charge is -2.16. The molecule has 0 atom stereocenters. The van der Waals surface area contributed by atoms with Crippen molar-refractivity contribution in [2.45, 2.75) is 13.8 Å². The number of hydrogen-bond donors (Lipinski definition) is 0. The summed E-state index contributed by atoms with van der Waals surface area (Å²) in [6, 6.07) is 54.7. The average Bonchev–Trinajstić information content (AvgIpc) is 3.52. The number of fused-ring (bicyclic) bond motifs is 3. The van der Waals surface area contributed by atoms with Crippen molar-refractivity contribution in [3.8, 4) is 62.1 Å². The Morgan fingerprint density at radius 2 is 1.04 bits per heavy atom. The SMILES string of the molecule is Cc1ccc(-c2ccc3c(c2)c2ccccc2n3-c2ccc(-c3cccc(F)c3)c(-c3nc(-c4ccccc4)nc(-c4ccccc4)n3)c2)c(C)c1. The zero-order valence-electron chi connectivity index (χ0n) is 28.8. The first-order chi connectivity index (χ1) is 25.5. The molecule has 2 heterocycles. The number of rotatable bonds is 6. The van der Waals surface area contributed by atoms with Crippen LogP contribution in [0.2, 0.25) is 0 Å². The molecule has 0 unspecified atom stereocenters. The van der Waals surface area contributed by atoms with Crippen molar-refractivity contribution in [2.24, 2.45) is 0 Å². The van der Waals surface area contributed by atoms with E-state index in [0.717, 1.165) is 49.9 Å². The van der Waals surface area contributed by atoms with E-state index in [2.05, 4.69) is 97.3 Å². The van der Waals surface area contributed by atoms with Gasteiger partial charge in [-0.1, -0.05) is 127 Å². The van der Waals surface area contributed by atoms with Gasteiger partial charge in [0, 0.05) is 33.2 Å². The molecule has 0 aliphatic rings. The molecule has 0 aliphatic heterocycles. The number of aryl methyl sites for hydroxylation is 2. The van der Waals surface area contributed by atoms with Crippen molar-refractivity contribution in [3.63, 3.8) is 0 Å². The third kappa shape index (κ3) is 5.62. The number of aromatic nitrogens is 4. The smallest absolute Gasteiger partial charge is 0.164 e. The van der Waals surface area contributed by atoms with Crippen molar-refractivity contribution in [2.75, 3.05) is 0 Å². The quantitative estimate of drug-likeness (QED) is 0.177. The summed E-state index contributed by atoms with van der Waals surface area (Å²) in [5.41, 5.74) is 12.1. The number of halogens is 1. The molecule has 0 N–H and O–H groups in total. The van der Waals surface area contributed by atoms with E-state index < -0.39 is 0 Å². The Morgan fingerprint density at radius 3 is 1.75 bits per heavy atom. The summed E-state index contributed by atoms with van der Waals surface area (Å²) in [4.78, 5) is 15.1. The largest absolute Gasteiger partial charge is 0.309 e. The monoisotopic (exact) mass is 672 g/mol. The van der Waals surface area contributed by atoms with E-state index in [0.29, 0.717) is 17.5 Å². The van der Waals surface area contributed by atoms with Gasteiger partial charge in [-0.2, -0.15) is 0 Å². The van der Waals surface area contributed by atoms with Crippen LogP contribution in [-0.2, 0) is 0 Å². The van der Waals surface area contributed by atoms with Crippen LogP contribution in [0.25, 0.3) is 83.9 Å². The molecular formula is C47H33FN4. The number of para-hydroxylation sites is 1. The molecule has 0 aliphatic carbocycles. The molecule has 7 aromatic carbocycles. The molecule has 4 nitrogen and oxygen atoms in total. The Kier molecular flexibility index (Phi) is 7.74. The Balaban J connectivity index is 1.30. The molecule has 0 spiro atoms. The van der Waals surface area contributed by atoms with Gasteiger partial charge >= 0.3 is 0 Å². The molecule has 0 fully saturated rings. The summed E-state index contributed by atoms with van der Waals surface area (Å²) in [5, 5.41) is 2.33. The van der Waals surface area contributed by atoms with Crippen LogP contribution in [0, 0.1) is 19.7 Å². The number of hydrogen-bond acceptors (Lipinski definition) is 3. The highest BCUT2D eigenvalue weighted by Crippen LogP contribution is 2.39. The topological polar surface area (TPSA) is 43.6 Å². The third-order valence-electron chi connectivity index (χ3n) is 9.70. The van der Waals surface area contributed by atoms with Crippen molar-refractivity contribution >= 4 is 21.8 Å². The van der Waals surface area contributed by atoms with E-state index in [9.17, 15) is 4.39 Å². The first-order valence-electron chi connectivity index (χ1n) is 17.4. The Hall–Kier alpha value is -6.72. The van der Waals surface area contributed by atoms with E-state index in [1.165, 1.54) is 33.7 Å². The van der Waals surface area contributed by atoms with Gasteiger partial charge < -0.3 is 4.57 Å². The zero-order chi connectivity index (χ0) is 35.2. The molecular weight excluding hydrogens is 640 g/mol. The van der Waals surface area contributed by atoms with E-state index in [1.807, 2.05) is 66.7 Å². The highest BCUT2D eigenvalue weighted by atomic mass is 19.1. The van der Waals surface area contributed by atoms with Gasteiger partial charge in [-0.25, -0.2) is 19.3 Å². The van der Waals surface area contributed by atoms with Gasteiger partial charge in [0.15, 0.2) is 17.5 Å². The number of nitrogens with zero attached hydrogens (tertiary/aromatic N) is 4. The Bertz CT molecular complexity index is 2710. The van der Waals surface area contributed by atoms with Crippen LogP contribution >= 0.6 is 0 Å². The lowest BCUT2D eigenvalue weighted by Crippen LogP contribution is -2.02. The fourth-order valence-electron chi connectivity index (χ4n) is 7.25. The fourth-order valence-corrected chi connectivity index (χ4v) is 7.25. The van der Waals surface area contributed by atoms with Gasteiger partial charge in [0.1, 0.15) is 5.82 Å². The van der Waals surface area contributed by atoms with Crippen LogP contribution in [0.5, 0.6) is 0 Å². The van der Waals surface area contributed by atoms with E-state index in [4.69, 9.17) is 15.0 Å². The lowest BCUT2D eigenvalue weighted by molar-refractivity contribution is 0.628. The predicted octanol–water partition coefficient (Wildman–Crippen LogP) is 12.1. The normalized spacial score (nSPS) is 11.4. The van der Waals surface area contributed by atoms with Crippen LogP contribution in [0.15, 0.2) is 164 Å². The average molecular weight is 673 g/mol. The van der Waals surface area contributed by atoms with Gasteiger partial charge in [0.2, 0.25) is 0 Å². The summed E-state index contributed by atoms with van der Waals surface area (Å²) in [5.74, 6) is 1.33. The molecule has 0 amide bonds. The van der Waals surface area contributed by atoms with Gasteiger partial charge in [-0.15, -0.1) is 0 Å². The lowest BCUT2D eigenvalue weighted by atomic mass is 9.97. The third-order valence-corrected chi connectivity index (χ3v) is 9.70. The molecule has 9 aromatic rings. The molecule has 9 rings (SSSR count). The van der Waals surface area contributed by atoms with E-state index in [1.54, 1.807) is 12.1 Å². The summed E-state index contributed by atoms with van der Waals surface area (Å²) in [6.07, 6.45) is 0. The molecule has 248 valence electrons. The second-order valence-corrected chi connectivity index (χ2v) is 13.2. The second kappa shape index (κ2) is 12.9. The van der Waals surface area contributed by atoms with Crippen LogP contribution in [0.4, 0.5) is 4.39 Å². The van der Waals surface area contributed by atoms with Crippen LogP contribution in [0.1, 0.15) is 11.1 Å². The minimum Gasteiger partial charge on any atom is -0.309 e. The summed E-state index contributed by atoms with van der Waals surface area (Å²) < 4.78 is 17.1. The minimum absolute atomic E-state index is 0.305. The van der Waals surface area contributed by atoms with Gasteiger partial charge in [-0.3, -0.25) is 0 Å². The van der Waals surface area contributed by atoms with E-state index >= 15 is 0 Å². The molecule has 0 radical (unpaired) electrons. The van der Waals surface area contributed by atoms with Crippen molar-refractivity contribution in [3.05, 3.63) is 181 Å². The first kappa shape index (κ1) is 31.3. The predicted molar refractivity (Wildman–Crippen MR) is 211 cm³/mol. The maximum absolute atomic E-state index is 14.8. The summed E-state index contributed by atoms with van der Waals surface area (Å²) in [6.45, 7) is 4.30. The standard InChI is InChI=1S/C47H33FN4/c1-30-20-23-38(31(2)26-30)35-21-25-44-41(28-35)40-18-9-10-19-43(40)52(44)37-22-24-39(34-16-11-17-36(48)27-34)42(29-37)47-50-45(32-12-5-3-6-13-32)49-46(51-47)33-14-7-4-8-15-33/h3-29H,1-2H3. The second-order valence-electron chi connectivity index (χ2n) is 13.2. The van der Waals surface area contributed by atoms with Crippen LogP contribution in [0.3, 0.4) is 0 Å². The van der Waals surface area contributed by atoms with Crippen molar-refractivity contribution in [1.82, 2.24) is 19.5 Å². The van der Waals surface area contributed by atoms with Gasteiger partial charge in [0.25, 0.3) is 0 Å². The summed E-state index contributed by atoms with van der Waals surface area (Å²) >= 11 is 0. The Morgan fingerprint density at radius 1 is 0.423 bits per heavy atom. The maximum atomic E-state index is 14.8. The zero-order valence-corrected chi connectivity index (χ0v) is 28.8. The highest BCUT2D eigenvalue weighted by Gasteiger charge is 2.20. The summed E-state index contributed by atoms with van der Waals surface area (Å²) in [7, 11) is 0. The molecule has 52 heavy (non-hydrogen) atoms. The maximum Gasteiger partial charge on any atom is 0.164 e. The Labute approximate surface area is 301 Å². The molecule has 5 heteroatoms. The van der Waals surface area contributed by atoms with Crippen LogP contribution in [-0.4, -0.2) is 19.5 Å². The molecule has 0 saturated carbocycles. The highest BCUT2D eigenvalue weighted by molar-refractivity contribution is 6.10. The minimum atomic E-state index is -0.305. The van der Waals surface area contributed by atoms with Crippen molar-refractivity contribution in [1.29, 1.82) is 0 Å². The number of benzene rings is 7. The van der Waals surface area contributed by atoms with Gasteiger partial charge in [-0.05, 0) is 84.1 Å². The molecule has 0 bridgehead atoms. The van der Waals surface area contributed by atoms with E-state index in [-0.39, 0.29) is 5.82 Å². The first-order valence-corrected chi connectivity index (χ1v) is 17.4. The fraction of sp³-hybridized carbons (Fsp3) is 0.0426. The van der Waals surface area contributed by atoms with Gasteiger partial charge in [0.05, 0.1) is 11.0 Å². The molecule has 0 saturated heterocycles. The molecule has 2 aromatic heterocycles.